The van der Waals surface area contributed by atoms with E-state index in [-0.39, 0.29) is 11.9 Å². The predicted molar refractivity (Wildman–Crippen MR) is 140 cm³/mol. The number of rotatable bonds is 9. The average molecular weight is 478 g/mol. The van der Waals surface area contributed by atoms with Crippen LogP contribution in [0.1, 0.15) is 37.7 Å². The van der Waals surface area contributed by atoms with Gasteiger partial charge in [0.1, 0.15) is 17.3 Å². The van der Waals surface area contributed by atoms with Crippen LogP contribution >= 0.6 is 0 Å². The highest BCUT2D eigenvalue weighted by Crippen LogP contribution is 2.27. The molecular weight excluding hydrogens is 442 g/mol. The molecule has 0 atom stereocenters. The second kappa shape index (κ2) is 11.3. The summed E-state index contributed by atoms with van der Waals surface area (Å²) in [6.45, 7) is 0. The van der Waals surface area contributed by atoms with E-state index in [1.165, 1.54) is 0 Å². The first-order chi connectivity index (χ1) is 17.0. The molecule has 4 rings (SSSR count). The number of nitrogens with zero attached hydrogens (tertiary/aromatic N) is 3. The van der Waals surface area contributed by atoms with E-state index in [1.54, 1.807) is 14.2 Å². The quantitative estimate of drug-likeness (QED) is 0.478. The first kappa shape index (κ1) is 24.6. The number of nitrogens with one attached hydrogen (secondary N) is 2. The molecule has 8 nitrogen and oxygen atoms in total. The number of aryl methyl sites for hydroxylation is 1. The Labute approximate surface area is 207 Å². The van der Waals surface area contributed by atoms with Gasteiger partial charge in [0, 0.05) is 38.0 Å². The molecule has 1 saturated carbocycles. The Hall–Kier alpha value is -3.55. The highest BCUT2D eigenvalue weighted by Gasteiger charge is 2.23. The van der Waals surface area contributed by atoms with Crippen LogP contribution in [0.3, 0.4) is 0 Å². The monoisotopic (exact) mass is 477 g/mol. The first-order valence-electron chi connectivity index (χ1n) is 12.2. The summed E-state index contributed by atoms with van der Waals surface area (Å²) in [7, 11) is 7.27. The van der Waals surface area contributed by atoms with Crippen molar-refractivity contribution < 1.29 is 14.3 Å². The number of methoxy groups -OCH3 is 2. The molecule has 35 heavy (non-hydrogen) atoms. The van der Waals surface area contributed by atoms with Gasteiger partial charge in [0.15, 0.2) is 0 Å². The number of carbonyl (C=O) groups is 1. The Morgan fingerprint density at radius 2 is 1.74 bits per heavy atom. The van der Waals surface area contributed by atoms with Crippen molar-refractivity contribution in [2.75, 3.05) is 38.5 Å². The molecular formula is C27H35N5O3. The second-order valence-corrected chi connectivity index (χ2v) is 9.22. The predicted octanol–water partition coefficient (Wildman–Crippen LogP) is 4.19. The molecule has 1 amide bonds. The van der Waals surface area contributed by atoms with Crippen molar-refractivity contribution in [1.82, 2.24) is 15.3 Å². The molecule has 1 aliphatic carbocycles. The second-order valence-electron chi connectivity index (χ2n) is 9.22. The van der Waals surface area contributed by atoms with E-state index >= 15 is 0 Å². The van der Waals surface area contributed by atoms with Crippen molar-refractivity contribution in [2.24, 2.45) is 0 Å². The van der Waals surface area contributed by atoms with E-state index in [1.807, 2.05) is 61.5 Å². The Balaban J connectivity index is 1.28. The summed E-state index contributed by atoms with van der Waals surface area (Å²) in [6, 6.07) is 14.2. The molecule has 2 aromatic carbocycles. The minimum absolute atomic E-state index is 0.0692. The van der Waals surface area contributed by atoms with Crippen LogP contribution in [-0.4, -0.2) is 56.3 Å². The highest BCUT2D eigenvalue weighted by atomic mass is 16.5. The van der Waals surface area contributed by atoms with Crippen molar-refractivity contribution in [3.05, 3.63) is 48.0 Å². The third kappa shape index (κ3) is 6.12. The van der Waals surface area contributed by atoms with Crippen molar-refractivity contribution in [3.8, 4) is 11.5 Å². The van der Waals surface area contributed by atoms with Crippen LogP contribution < -0.4 is 25.0 Å². The topological polar surface area (TPSA) is 88.6 Å². The number of benzene rings is 2. The van der Waals surface area contributed by atoms with E-state index in [0.29, 0.717) is 24.8 Å². The van der Waals surface area contributed by atoms with Gasteiger partial charge in [0.25, 0.3) is 0 Å². The van der Waals surface area contributed by atoms with Gasteiger partial charge in [0.05, 0.1) is 19.7 Å². The summed E-state index contributed by atoms with van der Waals surface area (Å²) in [5.74, 6) is 3.18. The molecule has 0 radical (unpaired) electrons. The Kier molecular flexibility index (Phi) is 7.90. The van der Waals surface area contributed by atoms with Gasteiger partial charge in [-0.15, -0.1) is 0 Å². The number of ether oxygens (including phenoxy) is 2. The lowest BCUT2D eigenvalue weighted by Gasteiger charge is -2.30. The lowest BCUT2D eigenvalue weighted by atomic mass is 9.91. The van der Waals surface area contributed by atoms with E-state index in [9.17, 15) is 4.79 Å². The van der Waals surface area contributed by atoms with Crippen LogP contribution in [0.15, 0.2) is 42.5 Å². The molecule has 3 aromatic rings. The molecule has 2 N–H and O–H groups in total. The number of hydrogen-bond donors (Lipinski definition) is 2. The van der Waals surface area contributed by atoms with Crippen molar-refractivity contribution in [1.29, 1.82) is 0 Å². The van der Waals surface area contributed by atoms with Crippen LogP contribution in [0, 0.1) is 0 Å². The third-order valence-electron chi connectivity index (χ3n) is 6.54. The zero-order chi connectivity index (χ0) is 24.8. The largest absolute Gasteiger partial charge is 0.497 e. The van der Waals surface area contributed by atoms with E-state index < -0.39 is 0 Å². The third-order valence-corrected chi connectivity index (χ3v) is 6.54. The van der Waals surface area contributed by atoms with Crippen molar-refractivity contribution in [2.45, 2.75) is 50.6 Å². The fraction of sp³-hybridized carbons (Fsp3) is 0.444. The van der Waals surface area contributed by atoms with Gasteiger partial charge in [-0.1, -0.05) is 12.1 Å². The van der Waals surface area contributed by atoms with Gasteiger partial charge < -0.3 is 25.0 Å². The summed E-state index contributed by atoms with van der Waals surface area (Å²) in [5.41, 5.74) is 1.91. The van der Waals surface area contributed by atoms with Crippen LogP contribution in [0.2, 0.25) is 0 Å². The summed E-state index contributed by atoms with van der Waals surface area (Å²) >= 11 is 0. The van der Waals surface area contributed by atoms with Crippen molar-refractivity contribution >= 4 is 28.6 Å². The van der Waals surface area contributed by atoms with E-state index in [2.05, 4.69) is 10.6 Å². The minimum atomic E-state index is 0.0692. The Bertz CT molecular complexity index is 1160. The number of carbonyl (C=O) groups excluding carboxylic acids is 1. The lowest BCUT2D eigenvalue weighted by Crippen LogP contribution is -2.40. The average Bonchev–Trinajstić information content (AvgIpc) is 2.87. The van der Waals surface area contributed by atoms with Gasteiger partial charge in [-0.3, -0.25) is 4.79 Å². The van der Waals surface area contributed by atoms with Gasteiger partial charge >= 0.3 is 0 Å². The fourth-order valence-corrected chi connectivity index (χ4v) is 4.66. The summed E-state index contributed by atoms with van der Waals surface area (Å²) in [6.07, 6.45) is 4.81. The Morgan fingerprint density at radius 1 is 1.00 bits per heavy atom. The fourth-order valence-electron chi connectivity index (χ4n) is 4.66. The number of fused-ring (bicyclic) bond motifs is 1. The standard InChI is InChI=1S/C27H35N5O3/c1-32(2)26-22-7-5-6-8-23(22)30-27(31-26)29-20-12-10-19(11-13-20)28-25(33)16-9-18-17-21(34-3)14-15-24(18)35-4/h5-8,14-15,17,19-20H,9-13,16H2,1-4H3,(H,28,33)(H,29,30,31). The molecule has 0 saturated heterocycles. The molecule has 1 heterocycles. The minimum Gasteiger partial charge on any atom is -0.497 e. The van der Waals surface area contributed by atoms with Crippen molar-refractivity contribution in [3.63, 3.8) is 0 Å². The molecule has 0 unspecified atom stereocenters. The van der Waals surface area contributed by atoms with Gasteiger partial charge in [-0.05, 0) is 68.0 Å². The van der Waals surface area contributed by atoms with Gasteiger partial charge in [-0.25, -0.2) is 4.98 Å². The summed E-state index contributed by atoms with van der Waals surface area (Å²) in [4.78, 5) is 24.1. The smallest absolute Gasteiger partial charge is 0.225 e. The van der Waals surface area contributed by atoms with Crippen LogP contribution in [0.5, 0.6) is 11.5 Å². The number of hydrogen-bond acceptors (Lipinski definition) is 7. The molecule has 1 aromatic heterocycles. The number of anilines is 2. The SMILES string of the molecule is COc1ccc(OC)c(CCC(=O)NC2CCC(Nc3nc(N(C)C)c4ccccc4n3)CC2)c1. The molecule has 8 heteroatoms. The van der Waals surface area contributed by atoms with Gasteiger partial charge in [-0.2, -0.15) is 4.98 Å². The van der Waals surface area contributed by atoms with Crippen LogP contribution in [0.4, 0.5) is 11.8 Å². The lowest BCUT2D eigenvalue weighted by molar-refractivity contribution is -0.122. The maximum Gasteiger partial charge on any atom is 0.225 e. The van der Waals surface area contributed by atoms with Gasteiger partial charge in [0.2, 0.25) is 11.9 Å². The van der Waals surface area contributed by atoms with Crippen LogP contribution in [0.25, 0.3) is 10.9 Å². The molecule has 0 spiro atoms. The maximum atomic E-state index is 12.6. The van der Waals surface area contributed by atoms with Crippen LogP contribution in [-0.2, 0) is 11.2 Å². The number of amides is 1. The zero-order valence-electron chi connectivity index (χ0n) is 21.0. The highest BCUT2D eigenvalue weighted by molar-refractivity contribution is 5.90. The molecule has 186 valence electrons. The number of para-hydroxylation sites is 1. The molecule has 1 aliphatic rings. The first-order valence-corrected chi connectivity index (χ1v) is 12.2. The maximum absolute atomic E-state index is 12.6. The molecule has 0 aliphatic heterocycles. The summed E-state index contributed by atoms with van der Waals surface area (Å²) in [5, 5.41) is 7.78. The normalized spacial score (nSPS) is 17.6. The molecule has 0 bridgehead atoms. The van der Waals surface area contributed by atoms with E-state index in [4.69, 9.17) is 19.4 Å². The Morgan fingerprint density at radius 3 is 2.46 bits per heavy atom. The summed E-state index contributed by atoms with van der Waals surface area (Å²) < 4.78 is 10.7. The zero-order valence-corrected chi connectivity index (χ0v) is 21.0. The molecule has 1 fully saturated rings. The van der Waals surface area contributed by atoms with E-state index in [0.717, 1.165) is 59.5 Å². The number of aromatic nitrogens is 2.